The van der Waals surface area contributed by atoms with Gasteiger partial charge in [0.1, 0.15) is 13.2 Å². The summed E-state index contributed by atoms with van der Waals surface area (Å²) in [5.41, 5.74) is 3.08. The number of rotatable bonds is 17. The number of ether oxygens (including phenoxy) is 2. The molecule has 5 heteroatoms. The highest BCUT2D eigenvalue weighted by atomic mass is 16.5. The van der Waals surface area contributed by atoms with Crippen LogP contribution in [0, 0.1) is 23.7 Å². The Labute approximate surface area is 262 Å². The number of likely N-dealkylation sites (N-methyl/N-ethyl adjacent to an activating group) is 1. The first kappa shape index (κ1) is 35.1. The Bertz CT molecular complexity index is 1010. The molecule has 0 spiro atoms. The molecule has 3 rings (SSSR count). The minimum atomic E-state index is -0.435. The van der Waals surface area contributed by atoms with Gasteiger partial charge in [-0.1, -0.05) is 95.7 Å². The van der Waals surface area contributed by atoms with Crippen molar-refractivity contribution in [3.8, 4) is 0 Å². The van der Waals surface area contributed by atoms with E-state index in [0.717, 1.165) is 35.7 Å². The zero-order chi connectivity index (χ0) is 31.2. The first-order valence-electron chi connectivity index (χ1n) is 17.1. The van der Waals surface area contributed by atoms with Gasteiger partial charge in [0.15, 0.2) is 0 Å². The fourth-order valence-electron chi connectivity index (χ4n) is 7.17. The van der Waals surface area contributed by atoms with Crippen molar-refractivity contribution < 1.29 is 19.1 Å². The first-order chi connectivity index (χ1) is 20.7. The first-order valence-corrected chi connectivity index (χ1v) is 17.1. The number of hydrogen-bond acceptors (Lipinski definition) is 5. The van der Waals surface area contributed by atoms with Crippen molar-refractivity contribution in [2.45, 2.75) is 110 Å². The van der Waals surface area contributed by atoms with Crippen molar-refractivity contribution in [3.05, 3.63) is 59.7 Å². The third-order valence-corrected chi connectivity index (χ3v) is 9.93. The summed E-state index contributed by atoms with van der Waals surface area (Å²) >= 11 is 0. The predicted octanol–water partition coefficient (Wildman–Crippen LogP) is 8.68. The molecule has 0 amide bonds. The van der Waals surface area contributed by atoms with Crippen molar-refractivity contribution in [1.82, 2.24) is 4.90 Å². The maximum Gasteiger partial charge on any atom is 0.334 e. The van der Waals surface area contributed by atoms with Crippen LogP contribution in [0.15, 0.2) is 48.6 Å². The smallest absolute Gasteiger partial charge is 0.334 e. The number of carbonyl (C=O) groups is 2. The zero-order valence-corrected chi connectivity index (χ0v) is 27.7. The highest BCUT2D eigenvalue weighted by Gasteiger charge is 2.30. The van der Waals surface area contributed by atoms with Gasteiger partial charge >= 0.3 is 11.9 Å². The van der Waals surface area contributed by atoms with Crippen LogP contribution in [0.4, 0.5) is 0 Å². The van der Waals surface area contributed by atoms with Crippen LogP contribution >= 0.6 is 0 Å². The average molecular weight is 594 g/mol. The van der Waals surface area contributed by atoms with E-state index in [-0.39, 0.29) is 19.1 Å². The minimum Gasteiger partial charge on any atom is -0.462 e. The monoisotopic (exact) mass is 593 g/mol. The van der Waals surface area contributed by atoms with Crippen molar-refractivity contribution >= 4 is 11.9 Å². The molecular formula is C38H59NO4. The third kappa shape index (κ3) is 12.3. The number of hydrogen-bond donors (Lipinski definition) is 0. The molecule has 2 fully saturated rings. The Morgan fingerprint density at radius 1 is 0.814 bits per heavy atom. The summed E-state index contributed by atoms with van der Waals surface area (Å²) in [5.74, 6) is 2.69. The Morgan fingerprint density at radius 2 is 1.35 bits per heavy atom. The zero-order valence-electron chi connectivity index (χ0n) is 27.7. The Kier molecular flexibility index (Phi) is 15.0. The number of unbranched alkanes of at least 4 members (excludes halogenated alkanes) is 2. The van der Waals surface area contributed by atoms with Crippen LogP contribution in [0.1, 0.15) is 114 Å². The third-order valence-electron chi connectivity index (χ3n) is 9.93. The van der Waals surface area contributed by atoms with E-state index >= 15 is 0 Å². The van der Waals surface area contributed by atoms with Gasteiger partial charge in [-0.05, 0) is 94.3 Å². The molecule has 1 unspecified atom stereocenters. The van der Waals surface area contributed by atoms with Crippen LogP contribution in [0.5, 0.6) is 0 Å². The second-order valence-electron chi connectivity index (χ2n) is 13.9. The topological polar surface area (TPSA) is 55.8 Å². The number of carbonyl (C=O) groups excluding carboxylic acids is 2. The molecule has 0 aromatic heterocycles. The van der Waals surface area contributed by atoms with Gasteiger partial charge in [-0.15, -0.1) is 0 Å². The summed E-state index contributed by atoms with van der Waals surface area (Å²) in [4.78, 5) is 26.4. The average Bonchev–Trinajstić information content (AvgIpc) is 3.00. The fourth-order valence-corrected chi connectivity index (χ4v) is 7.17. The van der Waals surface area contributed by atoms with Gasteiger partial charge < -0.3 is 14.4 Å². The minimum absolute atomic E-state index is 0.123. The Hall–Kier alpha value is -2.40. The number of benzene rings is 1. The number of nitrogens with zero attached hydrogens (tertiary/aromatic N) is 1. The van der Waals surface area contributed by atoms with Crippen LogP contribution in [0.2, 0.25) is 0 Å². The molecule has 43 heavy (non-hydrogen) atoms. The number of aryl methyl sites for hydroxylation is 1. The predicted molar refractivity (Wildman–Crippen MR) is 177 cm³/mol. The fraction of sp³-hybridized carbons (Fsp3) is 0.684. The second kappa shape index (κ2) is 18.4. The van der Waals surface area contributed by atoms with E-state index in [1.165, 1.54) is 89.0 Å². The summed E-state index contributed by atoms with van der Waals surface area (Å²) in [6.07, 6.45) is 19.6. The summed E-state index contributed by atoms with van der Waals surface area (Å²) < 4.78 is 11.0. The Balaban J connectivity index is 1.44. The molecule has 2 saturated carbocycles. The van der Waals surface area contributed by atoms with Crippen LogP contribution in [-0.2, 0) is 25.5 Å². The molecular weight excluding hydrogens is 534 g/mol. The summed E-state index contributed by atoms with van der Waals surface area (Å²) in [6, 6.07) is 8.54. The molecule has 0 radical (unpaired) electrons. The van der Waals surface area contributed by atoms with E-state index in [0.29, 0.717) is 17.7 Å². The largest absolute Gasteiger partial charge is 0.462 e. The standard InChI is InChI=1S/C38H59NO4/c1-7-8-9-10-30-13-19-33(20-14-30)34-21-15-31(16-22-34)11-12-32-17-23-35(24-18-32)36(26-42-37(40)28(2)3)27-43-38(41)29(4)25-39(5)6/h17-18,23-24,30-31,33-34,36H,2,4,7-16,19-22,25-27H2,1,3,5-6H3. The SMILES string of the molecule is C=C(C)C(=O)OCC(COC(=O)C(=C)CN(C)C)c1ccc(CCC2CCC(C3CCC(CCCCC)CC3)CC2)cc1. The molecule has 1 aromatic carbocycles. The molecule has 2 aliphatic carbocycles. The van der Waals surface area contributed by atoms with Crippen molar-refractivity contribution in [2.75, 3.05) is 33.9 Å². The summed E-state index contributed by atoms with van der Waals surface area (Å²) in [6.45, 7) is 12.1. The molecule has 1 atom stereocenters. The van der Waals surface area contributed by atoms with Gasteiger partial charge in [-0.3, -0.25) is 0 Å². The molecule has 0 aliphatic heterocycles. The van der Waals surface area contributed by atoms with Crippen molar-refractivity contribution in [1.29, 1.82) is 0 Å². The molecule has 1 aromatic rings. The Morgan fingerprint density at radius 3 is 1.86 bits per heavy atom. The van der Waals surface area contributed by atoms with E-state index in [1.54, 1.807) is 6.92 Å². The van der Waals surface area contributed by atoms with Gasteiger partial charge in [-0.2, -0.15) is 0 Å². The van der Waals surface area contributed by atoms with Crippen LogP contribution in [0.25, 0.3) is 0 Å². The summed E-state index contributed by atoms with van der Waals surface area (Å²) in [7, 11) is 3.76. The van der Waals surface area contributed by atoms with Crippen molar-refractivity contribution in [2.24, 2.45) is 23.7 Å². The molecule has 240 valence electrons. The van der Waals surface area contributed by atoms with Gasteiger partial charge in [0.25, 0.3) is 0 Å². The quantitative estimate of drug-likeness (QED) is 0.103. The maximum absolute atomic E-state index is 12.4. The highest BCUT2D eigenvalue weighted by Crippen LogP contribution is 2.43. The lowest BCUT2D eigenvalue weighted by atomic mass is 9.68. The second-order valence-corrected chi connectivity index (χ2v) is 13.9. The summed E-state index contributed by atoms with van der Waals surface area (Å²) in [5, 5.41) is 0. The highest BCUT2D eigenvalue weighted by molar-refractivity contribution is 5.88. The normalized spacial score (nSPS) is 23.0. The van der Waals surface area contributed by atoms with Gasteiger partial charge in [0.05, 0.1) is 5.92 Å². The van der Waals surface area contributed by atoms with E-state index in [2.05, 4.69) is 44.3 Å². The molecule has 0 saturated heterocycles. The lowest BCUT2D eigenvalue weighted by Crippen LogP contribution is -2.26. The van der Waals surface area contributed by atoms with Crippen LogP contribution in [0.3, 0.4) is 0 Å². The van der Waals surface area contributed by atoms with Crippen molar-refractivity contribution in [3.63, 3.8) is 0 Å². The number of esters is 2. The van der Waals surface area contributed by atoms with Crippen LogP contribution < -0.4 is 0 Å². The van der Waals surface area contributed by atoms with E-state index in [1.807, 2.05) is 19.0 Å². The van der Waals surface area contributed by atoms with Gasteiger partial charge in [-0.25, -0.2) is 9.59 Å². The van der Waals surface area contributed by atoms with Gasteiger partial charge in [0, 0.05) is 17.7 Å². The van der Waals surface area contributed by atoms with E-state index in [4.69, 9.17) is 9.47 Å². The molecule has 5 nitrogen and oxygen atoms in total. The molecule has 2 aliphatic rings. The lowest BCUT2D eigenvalue weighted by Gasteiger charge is -2.38. The molecule has 0 N–H and O–H groups in total. The van der Waals surface area contributed by atoms with E-state index in [9.17, 15) is 9.59 Å². The van der Waals surface area contributed by atoms with Crippen LogP contribution in [-0.4, -0.2) is 50.7 Å². The maximum atomic E-state index is 12.4. The van der Waals surface area contributed by atoms with Gasteiger partial charge in [0.2, 0.25) is 0 Å². The lowest BCUT2D eigenvalue weighted by molar-refractivity contribution is -0.142. The van der Waals surface area contributed by atoms with E-state index < -0.39 is 11.9 Å². The molecule has 0 heterocycles. The molecule has 0 bridgehead atoms.